The summed E-state index contributed by atoms with van der Waals surface area (Å²) in [5.41, 5.74) is 1.09. The highest BCUT2D eigenvalue weighted by molar-refractivity contribution is 5.93. The standard InChI is InChI=1S/C23H27N3O4/c1-5-7-17(6-2)24-23(28)25-19-14-16-8-9-20(15(3)21(16)30-22(19)27)29-18-10-12-26(4)13-11-18/h5-9,14,18H,1-2,10-13H2,3-4H3,(H2,24,25,28)/b17-7+. The number of amides is 2. The lowest BCUT2D eigenvalue weighted by molar-refractivity contribution is 0.113. The highest BCUT2D eigenvalue weighted by Gasteiger charge is 2.20. The van der Waals surface area contributed by atoms with Crippen molar-refractivity contribution in [3.8, 4) is 5.75 Å². The Labute approximate surface area is 175 Å². The number of aryl methyl sites for hydroxylation is 1. The third kappa shape index (κ3) is 4.99. The molecular weight excluding hydrogens is 382 g/mol. The predicted molar refractivity (Wildman–Crippen MR) is 119 cm³/mol. The summed E-state index contributed by atoms with van der Waals surface area (Å²) in [6, 6.07) is 4.72. The molecule has 0 radical (unpaired) electrons. The summed E-state index contributed by atoms with van der Waals surface area (Å²) in [6.07, 6.45) is 6.65. The van der Waals surface area contributed by atoms with Gasteiger partial charge in [0.15, 0.2) is 0 Å². The molecule has 0 spiro atoms. The lowest BCUT2D eigenvalue weighted by Gasteiger charge is -2.29. The minimum atomic E-state index is -0.634. The number of allylic oxidation sites excluding steroid dienone is 3. The van der Waals surface area contributed by atoms with E-state index < -0.39 is 11.7 Å². The lowest BCUT2D eigenvalue weighted by Crippen LogP contribution is -2.35. The van der Waals surface area contributed by atoms with E-state index in [-0.39, 0.29) is 11.8 Å². The molecule has 158 valence electrons. The van der Waals surface area contributed by atoms with Crippen molar-refractivity contribution in [3.05, 3.63) is 71.3 Å². The van der Waals surface area contributed by atoms with Gasteiger partial charge in [-0.1, -0.05) is 19.2 Å². The van der Waals surface area contributed by atoms with E-state index in [4.69, 9.17) is 9.15 Å². The zero-order valence-electron chi connectivity index (χ0n) is 17.4. The maximum absolute atomic E-state index is 12.4. The molecule has 1 saturated heterocycles. The van der Waals surface area contributed by atoms with Crippen molar-refractivity contribution < 1.29 is 13.9 Å². The van der Waals surface area contributed by atoms with Crippen LogP contribution in [0.15, 0.2) is 64.5 Å². The van der Waals surface area contributed by atoms with Crippen LogP contribution in [-0.4, -0.2) is 37.2 Å². The van der Waals surface area contributed by atoms with Crippen molar-refractivity contribution >= 4 is 22.7 Å². The van der Waals surface area contributed by atoms with Crippen LogP contribution in [0.5, 0.6) is 5.75 Å². The fraction of sp³-hybridized carbons (Fsp3) is 0.304. The van der Waals surface area contributed by atoms with Crippen LogP contribution in [0.1, 0.15) is 18.4 Å². The first-order valence-corrected chi connectivity index (χ1v) is 9.87. The number of anilines is 1. The van der Waals surface area contributed by atoms with Crippen LogP contribution in [-0.2, 0) is 0 Å². The number of rotatable bonds is 6. The fourth-order valence-electron chi connectivity index (χ4n) is 3.38. The van der Waals surface area contributed by atoms with Gasteiger partial charge < -0.3 is 24.7 Å². The largest absolute Gasteiger partial charge is 0.490 e. The van der Waals surface area contributed by atoms with E-state index in [2.05, 4.69) is 35.7 Å². The van der Waals surface area contributed by atoms with Gasteiger partial charge in [0.05, 0.1) is 0 Å². The van der Waals surface area contributed by atoms with Crippen molar-refractivity contribution in [2.45, 2.75) is 25.9 Å². The van der Waals surface area contributed by atoms with Crippen LogP contribution >= 0.6 is 0 Å². The summed E-state index contributed by atoms with van der Waals surface area (Å²) >= 11 is 0. The Morgan fingerprint density at radius 3 is 2.70 bits per heavy atom. The van der Waals surface area contributed by atoms with Crippen LogP contribution in [0.25, 0.3) is 11.0 Å². The van der Waals surface area contributed by atoms with Gasteiger partial charge >= 0.3 is 11.7 Å². The smallest absolute Gasteiger partial charge is 0.360 e. The predicted octanol–water partition coefficient (Wildman–Crippen LogP) is 3.95. The van der Waals surface area contributed by atoms with Crippen LogP contribution in [0.4, 0.5) is 10.5 Å². The third-order valence-electron chi connectivity index (χ3n) is 5.08. The molecule has 2 aromatic rings. The number of ether oxygens (including phenoxy) is 1. The molecular formula is C23H27N3O4. The van der Waals surface area contributed by atoms with Crippen molar-refractivity contribution in [1.82, 2.24) is 10.2 Å². The maximum Gasteiger partial charge on any atom is 0.360 e. The molecule has 1 fully saturated rings. The Kier molecular flexibility index (Phi) is 6.74. The number of carbonyl (C=O) groups is 1. The zero-order valence-corrected chi connectivity index (χ0v) is 17.4. The normalized spacial score (nSPS) is 15.6. The Hall–Kier alpha value is -3.32. The van der Waals surface area contributed by atoms with Crippen molar-refractivity contribution in [3.63, 3.8) is 0 Å². The Balaban J connectivity index is 1.80. The number of hydrogen-bond donors (Lipinski definition) is 2. The first-order chi connectivity index (χ1) is 14.4. The average molecular weight is 409 g/mol. The second-order valence-corrected chi connectivity index (χ2v) is 7.32. The van der Waals surface area contributed by atoms with E-state index in [0.717, 1.165) is 31.5 Å². The second-order valence-electron chi connectivity index (χ2n) is 7.32. The van der Waals surface area contributed by atoms with Crippen molar-refractivity contribution in [2.24, 2.45) is 0 Å². The number of urea groups is 1. The molecule has 7 nitrogen and oxygen atoms in total. The van der Waals surface area contributed by atoms with Gasteiger partial charge in [-0.05, 0) is 57.2 Å². The minimum absolute atomic E-state index is 0.0467. The number of fused-ring (bicyclic) bond motifs is 1. The number of nitrogens with zero attached hydrogens (tertiary/aromatic N) is 1. The molecule has 1 aromatic heterocycles. The van der Waals surface area contributed by atoms with Crippen LogP contribution in [0, 0.1) is 6.92 Å². The van der Waals surface area contributed by atoms with Crippen LogP contribution in [0.2, 0.25) is 0 Å². The summed E-state index contributed by atoms with van der Waals surface area (Å²) < 4.78 is 11.7. The first-order valence-electron chi connectivity index (χ1n) is 9.87. The zero-order chi connectivity index (χ0) is 21.7. The monoisotopic (exact) mass is 409 g/mol. The summed E-state index contributed by atoms with van der Waals surface area (Å²) in [4.78, 5) is 26.9. The summed E-state index contributed by atoms with van der Waals surface area (Å²) in [6.45, 7) is 11.0. The molecule has 2 N–H and O–H groups in total. The molecule has 2 amide bonds. The average Bonchev–Trinajstić information content (AvgIpc) is 2.72. The number of piperidine rings is 1. The van der Waals surface area contributed by atoms with Crippen LogP contribution < -0.4 is 21.0 Å². The summed E-state index contributed by atoms with van der Waals surface area (Å²) in [5, 5.41) is 5.79. The Morgan fingerprint density at radius 2 is 2.03 bits per heavy atom. The quantitative estimate of drug-likeness (QED) is 0.557. The van der Waals surface area contributed by atoms with E-state index >= 15 is 0 Å². The van der Waals surface area contributed by atoms with E-state index in [1.165, 1.54) is 12.2 Å². The van der Waals surface area contributed by atoms with Crippen LogP contribution in [0.3, 0.4) is 0 Å². The van der Waals surface area contributed by atoms with Gasteiger partial charge in [0.1, 0.15) is 23.1 Å². The molecule has 1 aliphatic rings. The summed E-state index contributed by atoms with van der Waals surface area (Å²) in [5.74, 6) is 0.712. The van der Waals surface area contributed by atoms with Gasteiger partial charge in [-0.3, -0.25) is 0 Å². The molecule has 3 rings (SSSR count). The minimum Gasteiger partial charge on any atom is -0.490 e. The van der Waals surface area contributed by atoms with Gasteiger partial charge in [-0.2, -0.15) is 0 Å². The lowest BCUT2D eigenvalue weighted by atomic mass is 10.1. The van der Waals surface area contributed by atoms with Crippen molar-refractivity contribution in [1.29, 1.82) is 0 Å². The van der Waals surface area contributed by atoms with E-state index in [0.29, 0.717) is 22.4 Å². The van der Waals surface area contributed by atoms with Crippen molar-refractivity contribution in [2.75, 3.05) is 25.5 Å². The molecule has 2 heterocycles. The topological polar surface area (TPSA) is 83.8 Å². The molecule has 0 saturated carbocycles. The molecule has 0 bridgehead atoms. The maximum atomic E-state index is 12.4. The number of carbonyl (C=O) groups excluding carboxylic acids is 1. The van der Waals surface area contributed by atoms with E-state index in [9.17, 15) is 9.59 Å². The first kappa shape index (κ1) is 21.4. The molecule has 0 atom stereocenters. The molecule has 30 heavy (non-hydrogen) atoms. The van der Waals surface area contributed by atoms with Gasteiger partial charge in [0.2, 0.25) is 0 Å². The number of likely N-dealkylation sites (tertiary alicyclic amines) is 1. The Morgan fingerprint density at radius 1 is 1.30 bits per heavy atom. The van der Waals surface area contributed by atoms with E-state index in [1.54, 1.807) is 12.1 Å². The Bertz CT molecular complexity index is 1050. The highest BCUT2D eigenvalue weighted by Crippen LogP contribution is 2.29. The van der Waals surface area contributed by atoms with E-state index in [1.807, 2.05) is 19.1 Å². The number of nitrogens with one attached hydrogen (secondary N) is 2. The summed E-state index contributed by atoms with van der Waals surface area (Å²) in [7, 11) is 2.10. The molecule has 0 unspecified atom stereocenters. The molecule has 1 aromatic carbocycles. The fourth-order valence-corrected chi connectivity index (χ4v) is 3.38. The van der Waals surface area contributed by atoms with Gasteiger partial charge in [-0.25, -0.2) is 9.59 Å². The van der Waals surface area contributed by atoms with Gasteiger partial charge in [0, 0.05) is 29.7 Å². The number of hydrogen-bond acceptors (Lipinski definition) is 5. The molecule has 1 aliphatic heterocycles. The third-order valence-corrected chi connectivity index (χ3v) is 5.08. The highest BCUT2D eigenvalue weighted by atomic mass is 16.5. The number of benzene rings is 1. The SMILES string of the molecule is C=C/C=C(\C=C)NC(=O)Nc1cc2ccc(OC3CCN(C)CC3)c(C)c2oc1=O. The molecule has 0 aliphatic carbocycles. The molecule has 7 heteroatoms. The van der Waals surface area contributed by atoms with Gasteiger partial charge in [0.25, 0.3) is 0 Å². The van der Waals surface area contributed by atoms with Gasteiger partial charge in [-0.15, -0.1) is 0 Å². The second kappa shape index (κ2) is 9.45.